The number of aryl methyl sites for hydroxylation is 2. The summed E-state index contributed by atoms with van der Waals surface area (Å²) in [5, 5.41) is 8.12. The molecule has 0 atom stereocenters. The van der Waals surface area contributed by atoms with Gasteiger partial charge in [-0.3, -0.25) is 14.7 Å². The molecule has 0 radical (unpaired) electrons. The fraction of sp³-hybridized carbons (Fsp3) is 0.286. The van der Waals surface area contributed by atoms with Gasteiger partial charge >= 0.3 is 0 Å². The first-order valence-electron chi connectivity index (χ1n) is 6.26. The predicted octanol–water partition coefficient (Wildman–Crippen LogP) is 2.19. The zero-order valence-electron chi connectivity index (χ0n) is 11.4. The first-order chi connectivity index (χ1) is 9.54. The molecule has 2 rings (SSSR count). The van der Waals surface area contributed by atoms with E-state index in [-0.39, 0.29) is 11.5 Å². The summed E-state index contributed by atoms with van der Waals surface area (Å²) in [6.07, 6.45) is 0. The molecule has 0 aliphatic carbocycles. The van der Waals surface area contributed by atoms with Crippen molar-refractivity contribution in [1.82, 2.24) is 10.2 Å². The van der Waals surface area contributed by atoms with Crippen LogP contribution in [0.3, 0.4) is 0 Å². The SMILES string of the molecule is Cc1ccc(C)c(NC(=O)CSCc2cc(=O)[nH][nH]2)c1. The number of carbonyl (C=O) groups is 1. The van der Waals surface area contributed by atoms with Gasteiger partial charge in [0.25, 0.3) is 5.56 Å². The summed E-state index contributed by atoms with van der Waals surface area (Å²) in [4.78, 5) is 22.8. The van der Waals surface area contributed by atoms with E-state index in [0.717, 1.165) is 22.5 Å². The number of amides is 1. The van der Waals surface area contributed by atoms with Crippen LogP contribution in [-0.4, -0.2) is 21.9 Å². The lowest BCUT2D eigenvalue weighted by Crippen LogP contribution is -2.15. The molecule has 0 aliphatic rings. The van der Waals surface area contributed by atoms with Crippen molar-refractivity contribution in [3.63, 3.8) is 0 Å². The maximum absolute atomic E-state index is 11.9. The van der Waals surface area contributed by atoms with Crippen LogP contribution in [0.25, 0.3) is 0 Å². The molecule has 0 spiro atoms. The van der Waals surface area contributed by atoms with E-state index >= 15 is 0 Å². The summed E-state index contributed by atoms with van der Waals surface area (Å²) in [5.41, 5.74) is 3.65. The molecule has 0 saturated heterocycles. The molecule has 1 amide bonds. The van der Waals surface area contributed by atoms with Crippen LogP contribution in [0.5, 0.6) is 0 Å². The van der Waals surface area contributed by atoms with Crippen molar-refractivity contribution in [2.45, 2.75) is 19.6 Å². The Kier molecular flexibility index (Phi) is 4.68. The van der Waals surface area contributed by atoms with Crippen LogP contribution in [0.1, 0.15) is 16.8 Å². The van der Waals surface area contributed by atoms with E-state index in [9.17, 15) is 9.59 Å². The number of aromatic nitrogens is 2. The highest BCUT2D eigenvalue weighted by Crippen LogP contribution is 2.17. The molecule has 0 saturated carbocycles. The fourth-order valence-electron chi connectivity index (χ4n) is 1.76. The van der Waals surface area contributed by atoms with E-state index in [0.29, 0.717) is 11.5 Å². The number of nitrogens with one attached hydrogen (secondary N) is 3. The molecule has 106 valence electrons. The molecule has 1 aromatic heterocycles. The smallest absolute Gasteiger partial charge is 0.264 e. The van der Waals surface area contributed by atoms with Crippen molar-refractivity contribution < 1.29 is 4.79 Å². The van der Waals surface area contributed by atoms with E-state index in [1.54, 1.807) is 0 Å². The summed E-state index contributed by atoms with van der Waals surface area (Å²) < 4.78 is 0. The Morgan fingerprint density at radius 2 is 2.05 bits per heavy atom. The monoisotopic (exact) mass is 291 g/mol. The number of thioether (sulfide) groups is 1. The van der Waals surface area contributed by atoms with Crippen LogP contribution < -0.4 is 10.9 Å². The lowest BCUT2D eigenvalue weighted by Gasteiger charge is -2.09. The molecular formula is C14H17N3O2S. The lowest BCUT2D eigenvalue weighted by molar-refractivity contribution is -0.113. The molecule has 0 unspecified atom stereocenters. The molecule has 3 N–H and O–H groups in total. The number of H-pyrrole nitrogens is 2. The molecule has 0 bridgehead atoms. The quantitative estimate of drug-likeness (QED) is 0.790. The third-order valence-corrected chi connectivity index (χ3v) is 3.79. The average Bonchev–Trinajstić information content (AvgIpc) is 2.80. The molecule has 6 heteroatoms. The highest BCUT2D eigenvalue weighted by atomic mass is 32.2. The number of anilines is 1. The molecular weight excluding hydrogens is 274 g/mol. The number of rotatable bonds is 5. The van der Waals surface area contributed by atoms with Crippen LogP contribution in [-0.2, 0) is 10.5 Å². The average molecular weight is 291 g/mol. The Balaban J connectivity index is 1.83. The van der Waals surface area contributed by atoms with Crippen LogP contribution in [0.4, 0.5) is 5.69 Å². The normalized spacial score (nSPS) is 10.5. The molecule has 1 heterocycles. The van der Waals surface area contributed by atoms with Gasteiger partial charge in [0.2, 0.25) is 5.91 Å². The summed E-state index contributed by atoms with van der Waals surface area (Å²) in [5.74, 6) is 0.904. The number of benzene rings is 1. The summed E-state index contributed by atoms with van der Waals surface area (Å²) in [6, 6.07) is 7.46. The van der Waals surface area contributed by atoms with E-state index in [1.807, 2.05) is 32.0 Å². The topological polar surface area (TPSA) is 77.8 Å². The number of aromatic amines is 2. The minimum atomic E-state index is -0.152. The van der Waals surface area contributed by atoms with Crippen LogP contribution >= 0.6 is 11.8 Å². The minimum Gasteiger partial charge on any atom is -0.325 e. The molecule has 0 aliphatic heterocycles. The maximum Gasteiger partial charge on any atom is 0.264 e. The zero-order valence-corrected chi connectivity index (χ0v) is 12.3. The van der Waals surface area contributed by atoms with Crippen LogP contribution in [0, 0.1) is 13.8 Å². The van der Waals surface area contributed by atoms with E-state index < -0.39 is 0 Å². The summed E-state index contributed by atoms with van der Waals surface area (Å²) in [6.45, 7) is 3.96. The summed E-state index contributed by atoms with van der Waals surface area (Å²) in [7, 11) is 0. The lowest BCUT2D eigenvalue weighted by atomic mass is 10.1. The molecule has 1 aromatic carbocycles. The third kappa shape index (κ3) is 4.03. The van der Waals surface area contributed by atoms with Gasteiger partial charge in [-0.15, -0.1) is 11.8 Å². The minimum absolute atomic E-state index is 0.0402. The van der Waals surface area contributed by atoms with Crippen molar-refractivity contribution in [2.24, 2.45) is 0 Å². The number of hydrogen-bond donors (Lipinski definition) is 3. The van der Waals surface area contributed by atoms with Gasteiger partial charge in [0, 0.05) is 23.2 Å². The van der Waals surface area contributed by atoms with Gasteiger partial charge in [-0.2, -0.15) is 0 Å². The predicted molar refractivity (Wildman–Crippen MR) is 82.1 cm³/mol. The fourth-order valence-corrected chi connectivity index (χ4v) is 2.50. The highest BCUT2D eigenvalue weighted by Gasteiger charge is 2.06. The number of carbonyl (C=O) groups excluding carboxylic acids is 1. The Hall–Kier alpha value is -1.95. The van der Waals surface area contributed by atoms with Crippen molar-refractivity contribution in [1.29, 1.82) is 0 Å². The van der Waals surface area contributed by atoms with Gasteiger partial charge < -0.3 is 10.4 Å². The molecule has 5 nitrogen and oxygen atoms in total. The van der Waals surface area contributed by atoms with Crippen molar-refractivity contribution >= 4 is 23.4 Å². The molecule has 0 fully saturated rings. The second-order valence-corrected chi connectivity index (χ2v) is 5.63. The highest BCUT2D eigenvalue weighted by molar-refractivity contribution is 7.99. The molecule has 2 aromatic rings. The Labute approximate surface area is 121 Å². The van der Waals surface area contributed by atoms with Gasteiger partial charge in [-0.1, -0.05) is 12.1 Å². The third-order valence-electron chi connectivity index (χ3n) is 2.81. The maximum atomic E-state index is 11.9. The van der Waals surface area contributed by atoms with Crippen LogP contribution in [0.15, 0.2) is 29.1 Å². The first kappa shape index (κ1) is 14.5. The van der Waals surface area contributed by atoms with E-state index in [4.69, 9.17) is 0 Å². The Morgan fingerprint density at radius 3 is 2.75 bits per heavy atom. The second-order valence-electron chi connectivity index (χ2n) is 4.64. The van der Waals surface area contributed by atoms with E-state index in [2.05, 4.69) is 15.5 Å². The zero-order chi connectivity index (χ0) is 14.5. The van der Waals surface area contributed by atoms with Crippen molar-refractivity contribution in [2.75, 3.05) is 11.1 Å². The standard InChI is InChI=1S/C14H17N3O2S/c1-9-3-4-10(2)12(5-9)15-14(19)8-20-7-11-6-13(18)17-16-11/h3-6H,7-8H2,1-2H3,(H,15,19)(H2,16,17,18). The van der Waals surface area contributed by atoms with Crippen molar-refractivity contribution in [3.05, 3.63) is 51.4 Å². The van der Waals surface area contributed by atoms with Gasteiger partial charge in [0.1, 0.15) is 0 Å². The summed E-state index contributed by atoms with van der Waals surface area (Å²) >= 11 is 1.45. The molecule has 20 heavy (non-hydrogen) atoms. The Bertz CT molecular complexity index is 660. The van der Waals surface area contributed by atoms with Gasteiger partial charge in [0.15, 0.2) is 0 Å². The van der Waals surface area contributed by atoms with E-state index in [1.165, 1.54) is 17.8 Å². The van der Waals surface area contributed by atoms with Crippen LogP contribution in [0.2, 0.25) is 0 Å². The van der Waals surface area contributed by atoms with Gasteiger partial charge in [0.05, 0.1) is 5.75 Å². The van der Waals surface area contributed by atoms with Crippen molar-refractivity contribution in [3.8, 4) is 0 Å². The Morgan fingerprint density at radius 1 is 1.25 bits per heavy atom. The number of hydrogen-bond acceptors (Lipinski definition) is 3. The second kappa shape index (κ2) is 6.47. The largest absolute Gasteiger partial charge is 0.325 e. The first-order valence-corrected chi connectivity index (χ1v) is 7.41. The van der Waals surface area contributed by atoms with Gasteiger partial charge in [-0.25, -0.2) is 0 Å². The van der Waals surface area contributed by atoms with Gasteiger partial charge in [-0.05, 0) is 31.0 Å².